The Balaban J connectivity index is 1.40. The molecule has 1 aliphatic rings. The van der Waals surface area contributed by atoms with Gasteiger partial charge in [-0.3, -0.25) is 9.48 Å². The van der Waals surface area contributed by atoms with E-state index in [9.17, 15) is 9.90 Å². The zero-order chi connectivity index (χ0) is 38.0. The van der Waals surface area contributed by atoms with E-state index in [0.29, 0.717) is 54.5 Å². The highest BCUT2D eigenvalue weighted by atomic mass is 35.5. The standard InChI is InChI=1S/C41H43Cl2N5O5/c1-21-14-28(15-22(2)36(21)43)53-13-9-10-29-30-11-12-31(42)35(34-24(4)44-46(7)25(34)5)38(30)48-23(3)19-47(40(49)39(29)48)32-17-26(20-52-8)16-27-18-33(41(50)51)45(6)37(27)32/h11-12,14-18,23H,9-10,13,19-20H2,1-8H3,(H,50,51). The van der Waals surface area contributed by atoms with Crippen molar-refractivity contribution in [3.8, 4) is 16.9 Å². The number of nitrogens with zero attached hydrogens (tertiary/aromatic N) is 5. The highest BCUT2D eigenvalue weighted by Gasteiger charge is 2.38. The molecule has 1 atom stereocenters. The van der Waals surface area contributed by atoms with Crippen molar-refractivity contribution >= 4 is 62.6 Å². The summed E-state index contributed by atoms with van der Waals surface area (Å²) in [7, 11) is 5.26. The Labute approximate surface area is 318 Å². The van der Waals surface area contributed by atoms with Crippen LogP contribution >= 0.6 is 23.2 Å². The second kappa shape index (κ2) is 13.9. The first-order valence-electron chi connectivity index (χ1n) is 17.6. The summed E-state index contributed by atoms with van der Waals surface area (Å²) in [5, 5.41) is 17.7. The number of anilines is 1. The number of benzene rings is 3. The minimum absolute atomic E-state index is 0.135. The van der Waals surface area contributed by atoms with Crippen molar-refractivity contribution in [2.24, 2.45) is 14.1 Å². The summed E-state index contributed by atoms with van der Waals surface area (Å²) < 4.78 is 17.4. The van der Waals surface area contributed by atoms with Gasteiger partial charge < -0.3 is 28.6 Å². The van der Waals surface area contributed by atoms with Crippen LogP contribution in [0.25, 0.3) is 32.9 Å². The van der Waals surface area contributed by atoms with Gasteiger partial charge in [0.25, 0.3) is 5.91 Å². The Morgan fingerprint density at radius 1 is 1.00 bits per heavy atom. The van der Waals surface area contributed by atoms with Crippen molar-refractivity contribution in [1.29, 1.82) is 0 Å². The maximum absolute atomic E-state index is 15.2. The van der Waals surface area contributed by atoms with E-state index in [4.69, 9.17) is 37.8 Å². The SMILES string of the molecule is COCc1cc(N2CC(C)n3c(c(CCCOc4cc(C)c(Cl)c(C)c4)c4ccc(Cl)c(-c5c(C)nn(C)c5C)c43)C2=O)c2c(c1)cc(C(=O)O)n2C. The fourth-order valence-electron chi connectivity index (χ4n) is 8.14. The lowest BCUT2D eigenvalue weighted by Crippen LogP contribution is -2.43. The monoisotopic (exact) mass is 755 g/mol. The first-order chi connectivity index (χ1) is 25.2. The van der Waals surface area contributed by atoms with Crippen LogP contribution in [0.5, 0.6) is 5.75 Å². The summed E-state index contributed by atoms with van der Waals surface area (Å²) in [5.41, 5.74) is 10.2. The number of aromatic carboxylic acids is 1. The van der Waals surface area contributed by atoms with Gasteiger partial charge >= 0.3 is 5.97 Å². The summed E-state index contributed by atoms with van der Waals surface area (Å²) in [6.45, 7) is 11.1. The number of rotatable bonds is 10. The first kappa shape index (κ1) is 36.6. The summed E-state index contributed by atoms with van der Waals surface area (Å²) in [4.78, 5) is 29.2. The van der Waals surface area contributed by atoms with E-state index < -0.39 is 5.97 Å². The molecule has 1 unspecified atom stereocenters. The largest absolute Gasteiger partial charge is 0.494 e. The van der Waals surface area contributed by atoms with E-state index in [2.05, 4.69) is 11.5 Å². The minimum atomic E-state index is -1.04. The van der Waals surface area contributed by atoms with Gasteiger partial charge in [0.05, 0.1) is 40.7 Å². The van der Waals surface area contributed by atoms with Crippen LogP contribution < -0.4 is 9.64 Å². The highest BCUT2D eigenvalue weighted by Crippen LogP contribution is 2.46. The lowest BCUT2D eigenvalue weighted by Gasteiger charge is -2.35. The molecule has 4 heterocycles. The van der Waals surface area contributed by atoms with Gasteiger partial charge in [0, 0.05) is 66.4 Å². The topological polar surface area (TPSA) is 104 Å². The smallest absolute Gasteiger partial charge is 0.352 e. The number of amides is 1. The number of hydrogen-bond donors (Lipinski definition) is 1. The van der Waals surface area contributed by atoms with E-state index in [1.54, 1.807) is 29.7 Å². The molecule has 1 amide bonds. The molecular weight excluding hydrogens is 713 g/mol. The van der Waals surface area contributed by atoms with Crippen molar-refractivity contribution in [2.75, 3.05) is 25.2 Å². The van der Waals surface area contributed by atoms with Gasteiger partial charge in [-0.05, 0) is 106 Å². The quantitative estimate of drug-likeness (QED) is 0.140. The number of aryl methyl sites for hydroxylation is 6. The van der Waals surface area contributed by atoms with Crippen LogP contribution in [0.1, 0.15) is 74.0 Å². The van der Waals surface area contributed by atoms with Gasteiger partial charge in [-0.2, -0.15) is 5.10 Å². The number of halogens is 2. The third-order valence-corrected chi connectivity index (χ3v) is 11.5. The average molecular weight is 757 g/mol. The second-order valence-corrected chi connectivity index (χ2v) is 14.9. The fourth-order valence-corrected chi connectivity index (χ4v) is 8.50. The molecule has 0 aliphatic carbocycles. The number of hydrogen-bond acceptors (Lipinski definition) is 5. The molecule has 10 nitrogen and oxygen atoms in total. The third-order valence-electron chi connectivity index (χ3n) is 10.6. The minimum Gasteiger partial charge on any atom is -0.494 e. The molecule has 0 fully saturated rings. The number of fused-ring (bicyclic) bond motifs is 4. The zero-order valence-electron chi connectivity index (χ0n) is 31.2. The molecule has 12 heteroatoms. The first-order valence-corrected chi connectivity index (χ1v) is 18.4. The Bertz CT molecular complexity index is 2450. The normalized spacial score (nSPS) is 14.5. The molecule has 1 N–H and O–H groups in total. The van der Waals surface area contributed by atoms with E-state index >= 15 is 4.79 Å². The van der Waals surface area contributed by atoms with Gasteiger partial charge in [0.2, 0.25) is 0 Å². The Morgan fingerprint density at radius 3 is 2.36 bits per heavy atom. The number of carboxylic acids is 1. The van der Waals surface area contributed by atoms with Crippen molar-refractivity contribution in [1.82, 2.24) is 18.9 Å². The van der Waals surface area contributed by atoms with Gasteiger partial charge in [-0.25, -0.2) is 4.79 Å². The second-order valence-electron chi connectivity index (χ2n) is 14.2. The molecule has 0 saturated carbocycles. The third kappa shape index (κ3) is 6.06. The van der Waals surface area contributed by atoms with E-state index in [1.807, 2.05) is 75.8 Å². The number of methoxy groups -OCH3 is 1. The number of carbonyl (C=O) groups is 2. The summed E-state index contributed by atoms with van der Waals surface area (Å²) in [5.74, 6) is -0.459. The molecule has 0 radical (unpaired) electrons. The lowest BCUT2D eigenvalue weighted by atomic mass is 9.98. The van der Waals surface area contributed by atoms with E-state index in [0.717, 1.165) is 71.8 Å². The maximum Gasteiger partial charge on any atom is 0.352 e. The number of aromatic nitrogens is 4. The number of carboxylic acid groups (broad SMARTS) is 1. The van der Waals surface area contributed by atoms with Gasteiger partial charge in [0.15, 0.2) is 0 Å². The van der Waals surface area contributed by atoms with Crippen LogP contribution in [0.2, 0.25) is 10.0 Å². The molecule has 7 rings (SSSR count). The van der Waals surface area contributed by atoms with Gasteiger partial charge in [-0.1, -0.05) is 29.3 Å². The molecule has 276 valence electrons. The summed E-state index contributed by atoms with van der Waals surface area (Å²) in [6.07, 6.45) is 1.21. The Kier molecular flexibility index (Phi) is 9.59. The molecule has 0 bridgehead atoms. The predicted octanol–water partition coefficient (Wildman–Crippen LogP) is 9.15. The molecule has 0 saturated heterocycles. The molecule has 6 aromatic rings. The van der Waals surface area contributed by atoms with Crippen LogP contribution in [0.4, 0.5) is 5.69 Å². The summed E-state index contributed by atoms with van der Waals surface area (Å²) in [6, 6.07) is 13.2. The van der Waals surface area contributed by atoms with Crippen molar-refractivity contribution < 1.29 is 24.2 Å². The average Bonchev–Trinajstić information content (AvgIpc) is 3.71. The van der Waals surface area contributed by atoms with Crippen LogP contribution in [0.3, 0.4) is 0 Å². The molecule has 0 spiro atoms. The van der Waals surface area contributed by atoms with Crippen molar-refractivity contribution in [2.45, 2.75) is 60.1 Å². The fraction of sp³-hybridized carbons (Fsp3) is 0.341. The summed E-state index contributed by atoms with van der Waals surface area (Å²) >= 11 is 13.5. The van der Waals surface area contributed by atoms with Crippen LogP contribution in [-0.2, 0) is 31.9 Å². The lowest BCUT2D eigenvalue weighted by molar-refractivity contribution is 0.0687. The van der Waals surface area contributed by atoms with Crippen molar-refractivity contribution in [3.63, 3.8) is 0 Å². The van der Waals surface area contributed by atoms with Crippen LogP contribution in [0.15, 0.2) is 42.5 Å². The zero-order valence-corrected chi connectivity index (χ0v) is 32.7. The highest BCUT2D eigenvalue weighted by molar-refractivity contribution is 6.35. The molecule has 53 heavy (non-hydrogen) atoms. The van der Waals surface area contributed by atoms with Gasteiger partial charge in [-0.15, -0.1) is 0 Å². The number of ether oxygens (including phenoxy) is 2. The van der Waals surface area contributed by atoms with E-state index in [1.165, 1.54) is 0 Å². The predicted molar refractivity (Wildman–Crippen MR) is 210 cm³/mol. The molecular formula is C41H43Cl2N5O5. The van der Waals surface area contributed by atoms with Gasteiger partial charge in [0.1, 0.15) is 17.1 Å². The van der Waals surface area contributed by atoms with E-state index in [-0.39, 0.29) is 17.6 Å². The molecule has 3 aromatic heterocycles. The van der Waals surface area contributed by atoms with Crippen LogP contribution in [-0.4, -0.2) is 56.2 Å². The Hall–Kier alpha value is -4.77. The maximum atomic E-state index is 15.2. The molecule has 1 aliphatic heterocycles. The number of carbonyl (C=O) groups excluding carboxylic acids is 1. The Morgan fingerprint density at radius 2 is 1.72 bits per heavy atom. The van der Waals surface area contributed by atoms with Crippen molar-refractivity contribution in [3.05, 3.63) is 97.5 Å². The molecule has 3 aromatic carbocycles. The van der Waals surface area contributed by atoms with Crippen LogP contribution in [0, 0.1) is 27.7 Å².